The number of pyridine rings is 1. The van der Waals surface area contributed by atoms with Crippen LogP contribution in [0.1, 0.15) is 27.7 Å². The van der Waals surface area contributed by atoms with Gasteiger partial charge < -0.3 is 9.47 Å². The van der Waals surface area contributed by atoms with Gasteiger partial charge in [-0.3, -0.25) is 0 Å². The fourth-order valence-electron chi connectivity index (χ4n) is 1.04. The second kappa shape index (κ2) is 4.84. The third kappa shape index (κ3) is 3.64. The second-order valence-electron chi connectivity index (χ2n) is 3.66. The first-order valence-electron chi connectivity index (χ1n) is 4.87. The predicted molar refractivity (Wildman–Crippen MR) is 55.8 cm³/mol. The maximum absolute atomic E-state index is 5.52. The summed E-state index contributed by atoms with van der Waals surface area (Å²) in [5.74, 6) is 1.41. The molecular formula is C11H17NO2. The van der Waals surface area contributed by atoms with E-state index in [2.05, 4.69) is 4.98 Å². The zero-order chi connectivity index (χ0) is 10.6. The lowest BCUT2D eigenvalue weighted by Crippen LogP contribution is -2.08. The van der Waals surface area contributed by atoms with E-state index in [-0.39, 0.29) is 12.2 Å². The molecular weight excluding hydrogens is 178 g/mol. The minimum atomic E-state index is 0.136. The third-order valence-electron chi connectivity index (χ3n) is 1.43. The summed E-state index contributed by atoms with van der Waals surface area (Å²) < 4.78 is 11.0. The standard InChI is InChI=1S/C11H17NO2/c1-8(2)13-10-5-6-12-11(7-10)14-9(3)4/h5-9H,1-4H3. The zero-order valence-electron chi connectivity index (χ0n) is 9.15. The molecule has 3 heteroatoms. The van der Waals surface area contributed by atoms with Crippen LogP contribution in [0, 0.1) is 0 Å². The topological polar surface area (TPSA) is 31.4 Å². The summed E-state index contributed by atoms with van der Waals surface area (Å²) in [5.41, 5.74) is 0. The first-order valence-corrected chi connectivity index (χ1v) is 4.87. The SMILES string of the molecule is CC(C)Oc1ccnc(OC(C)C)c1. The van der Waals surface area contributed by atoms with Crippen LogP contribution in [0.15, 0.2) is 18.3 Å². The summed E-state index contributed by atoms with van der Waals surface area (Å²) in [5, 5.41) is 0. The molecule has 0 unspecified atom stereocenters. The highest BCUT2D eigenvalue weighted by molar-refractivity contribution is 5.26. The van der Waals surface area contributed by atoms with E-state index < -0.39 is 0 Å². The normalized spacial score (nSPS) is 10.7. The van der Waals surface area contributed by atoms with Crippen LogP contribution in [0.25, 0.3) is 0 Å². The number of hydrogen-bond acceptors (Lipinski definition) is 3. The number of aromatic nitrogens is 1. The van der Waals surface area contributed by atoms with Crippen molar-refractivity contribution in [2.45, 2.75) is 39.9 Å². The molecule has 1 aromatic rings. The van der Waals surface area contributed by atoms with Crippen molar-refractivity contribution in [3.05, 3.63) is 18.3 Å². The highest BCUT2D eigenvalue weighted by Gasteiger charge is 2.02. The first-order chi connectivity index (χ1) is 6.58. The molecule has 0 spiro atoms. The van der Waals surface area contributed by atoms with Crippen molar-refractivity contribution in [1.82, 2.24) is 4.98 Å². The van der Waals surface area contributed by atoms with Crippen LogP contribution in [0.4, 0.5) is 0 Å². The van der Waals surface area contributed by atoms with Gasteiger partial charge in [-0.25, -0.2) is 4.98 Å². The van der Waals surface area contributed by atoms with Gasteiger partial charge >= 0.3 is 0 Å². The Balaban J connectivity index is 2.68. The molecule has 0 aliphatic carbocycles. The molecule has 0 radical (unpaired) electrons. The molecule has 0 saturated carbocycles. The van der Waals surface area contributed by atoms with E-state index in [9.17, 15) is 0 Å². The smallest absolute Gasteiger partial charge is 0.217 e. The fourth-order valence-corrected chi connectivity index (χ4v) is 1.04. The molecule has 0 atom stereocenters. The van der Waals surface area contributed by atoms with Gasteiger partial charge in [-0.05, 0) is 33.8 Å². The molecule has 78 valence electrons. The maximum Gasteiger partial charge on any atom is 0.217 e. The molecule has 0 aromatic carbocycles. The van der Waals surface area contributed by atoms with E-state index in [0.29, 0.717) is 5.88 Å². The molecule has 3 nitrogen and oxygen atoms in total. The van der Waals surface area contributed by atoms with Crippen molar-refractivity contribution in [2.75, 3.05) is 0 Å². The first kappa shape index (κ1) is 10.8. The van der Waals surface area contributed by atoms with Gasteiger partial charge in [0.15, 0.2) is 0 Å². The number of hydrogen-bond donors (Lipinski definition) is 0. The van der Waals surface area contributed by atoms with E-state index in [1.54, 1.807) is 12.3 Å². The largest absolute Gasteiger partial charge is 0.491 e. The number of nitrogens with zero attached hydrogens (tertiary/aromatic N) is 1. The molecule has 1 heterocycles. The van der Waals surface area contributed by atoms with Crippen LogP contribution in [0.3, 0.4) is 0 Å². The van der Waals surface area contributed by atoms with Gasteiger partial charge in [-0.15, -0.1) is 0 Å². The molecule has 0 saturated heterocycles. The van der Waals surface area contributed by atoms with Crippen molar-refractivity contribution in [2.24, 2.45) is 0 Å². The lowest BCUT2D eigenvalue weighted by atomic mass is 10.4. The molecule has 0 N–H and O–H groups in total. The third-order valence-corrected chi connectivity index (χ3v) is 1.43. The van der Waals surface area contributed by atoms with Gasteiger partial charge in [0.25, 0.3) is 0 Å². The van der Waals surface area contributed by atoms with Crippen molar-refractivity contribution in [3.8, 4) is 11.6 Å². The Hall–Kier alpha value is -1.25. The molecule has 0 aliphatic heterocycles. The van der Waals surface area contributed by atoms with Gasteiger partial charge in [-0.1, -0.05) is 0 Å². The Labute approximate surface area is 85.1 Å². The zero-order valence-corrected chi connectivity index (χ0v) is 9.15. The highest BCUT2D eigenvalue weighted by Crippen LogP contribution is 2.18. The van der Waals surface area contributed by atoms with Crippen LogP contribution in [-0.4, -0.2) is 17.2 Å². The van der Waals surface area contributed by atoms with Crippen LogP contribution < -0.4 is 9.47 Å². The van der Waals surface area contributed by atoms with Crippen molar-refractivity contribution in [3.63, 3.8) is 0 Å². The number of rotatable bonds is 4. The van der Waals surface area contributed by atoms with Crippen molar-refractivity contribution in [1.29, 1.82) is 0 Å². The molecule has 14 heavy (non-hydrogen) atoms. The summed E-state index contributed by atoms with van der Waals surface area (Å²) in [6.45, 7) is 7.92. The molecule has 0 bridgehead atoms. The molecule has 0 amide bonds. The van der Waals surface area contributed by atoms with Crippen LogP contribution in [0.2, 0.25) is 0 Å². The average molecular weight is 195 g/mol. The van der Waals surface area contributed by atoms with E-state index >= 15 is 0 Å². The van der Waals surface area contributed by atoms with E-state index in [1.807, 2.05) is 33.8 Å². The molecule has 1 rings (SSSR count). The predicted octanol–water partition coefficient (Wildman–Crippen LogP) is 2.66. The summed E-state index contributed by atoms with van der Waals surface area (Å²) >= 11 is 0. The van der Waals surface area contributed by atoms with E-state index in [1.165, 1.54) is 0 Å². The summed E-state index contributed by atoms with van der Waals surface area (Å²) in [7, 11) is 0. The van der Waals surface area contributed by atoms with Crippen molar-refractivity contribution >= 4 is 0 Å². The van der Waals surface area contributed by atoms with Gasteiger partial charge in [0.1, 0.15) is 5.75 Å². The van der Waals surface area contributed by atoms with Gasteiger partial charge in [0.2, 0.25) is 5.88 Å². The van der Waals surface area contributed by atoms with Crippen molar-refractivity contribution < 1.29 is 9.47 Å². The highest BCUT2D eigenvalue weighted by atomic mass is 16.5. The Morgan fingerprint density at radius 1 is 1.07 bits per heavy atom. The van der Waals surface area contributed by atoms with E-state index in [0.717, 1.165) is 5.75 Å². The van der Waals surface area contributed by atoms with Crippen LogP contribution in [0.5, 0.6) is 11.6 Å². The van der Waals surface area contributed by atoms with Gasteiger partial charge in [0, 0.05) is 12.3 Å². The minimum Gasteiger partial charge on any atom is -0.491 e. The Kier molecular flexibility index (Phi) is 3.74. The Morgan fingerprint density at radius 3 is 2.29 bits per heavy atom. The lowest BCUT2D eigenvalue weighted by molar-refractivity contribution is 0.222. The monoisotopic (exact) mass is 195 g/mol. The summed E-state index contributed by atoms with van der Waals surface area (Å²) in [6.07, 6.45) is 2.00. The van der Waals surface area contributed by atoms with Gasteiger partial charge in [-0.2, -0.15) is 0 Å². The van der Waals surface area contributed by atoms with Crippen LogP contribution >= 0.6 is 0 Å². The fraction of sp³-hybridized carbons (Fsp3) is 0.545. The second-order valence-corrected chi connectivity index (χ2v) is 3.66. The molecule has 0 aliphatic rings. The maximum atomic E-state index is 5.52. The van der Waals surface area contributed by atoms with E-state index in [4.69, 9.17) is 9.47 Å². The quantitative estimate of drug-likeness (QED) is 0.740. The van der Waals surface area contributed by atoms with Crippen LogP contribution in [-0.2, 0) is 0 Å². The summed E-state index contributed by atoms with van der Waals surface area (Å²) in [4.78, 5) is 4.08. The molecule has 1 aromatic heterocycles. The molecule has 0 fully saturated rings. The Morgan fingerprint density at radius 2 is 1.71 bits per heavy atom. The number of ether oxygens (including phenoxy) is 2. The minimum absolute atomic E-state index is 0.136. The Bertz CT molecular complexity index is 259. The summed E-state index contributed by atoms with van der Waals surface area (Å²) in [6, 6.07) is 3.63. The van der Waals surface area contributed by atoms with Gasteiger partial charge in [0.05, 0.1) is 12.2 Å². The average Bonchev–Trinajstić information content (AvgIpc) is 2.01. The lowest BCUT2D eigenvalue weighted by Gasteiger charge is -2.12.